The van der Waals surface area contributed by atoms with Gasteiger partial charge < -0.3 is 44.5 Å². The molecule has 5 N–H and O–H groups in total. The van der Waals surface area contributed by atoms with Crippen molar-refractivity contribution in [3.63, 3.8) is 0 Å². The summed E-state index contributed by atoms with van der Waals surface area (Å²) in [4.78, 5) is 24.2. The largest absolute Gasteiger partial charge is 0.478 e. The first-order valence-electron chi connectivity index (χ1n) is 11.6. The number of rotatable bonds is 7. The van der Waals surface area contributed by atoms with E-state index in [1.165, 1.54) is 6.08 Å². The zero-order chi connectivity index (χ0) is 26.0. The summed E-state index contributed by atoms with van der Waals surface area (Å²) in [6.07, 6.45) is -4.38. The van der Waals surface area contributed by atoms with Crippen molar-refractivity contribution in [3.8, 4) is 0 Å². The number of aliphatic hydroxyl groups is 4. The predicted molar refractivity (Wildman–Crippen MR) is 122 cm³/mol. The molecule has 9 unspecified atom stereocenters. The van der Waals surface area contributed by atoms with Crippen LogP contribution in [0.5, 0.6) is 0 Å². The van der Waals surface area contributed by atoms with Crippen molar-refractivity contribution in [2.75, 3.05) is 6.61 Å². The molecule has 0 bridgehead atoms. The molecule has 1 saturated heterocycles. The summed E-state index contributed by atoms with van der Waals surface area (Å²) in [5.74, 6) is -3.40. The highest BCUT2D eigenvalue weighted by molar-refractivity contribution is 5.87. The Bertz CT molecular complexity index is 1000. The zero-order valence-electron chi connectivity index (χ0n) is 19.5. The van der Waals surface area contributed by atoms with Gasteiger partial charge in [0.1, 0.15) is 18.3 Å². The molecule has 0 amide bonds. The predicted octanol–water partition coefficient (Wildman–Crippen LogP) is 0.169. The van der Waals surface area contributed by atoms with E-state index in [0.29, 0.717) is 12.8 Å². The molecule has 0 aromatic heterocycles. The Hall–Kier alpha value is -2.80. The first-order valence-corrected chi connectivity index (χ1v) is 11.6. The van der Waals surface area contributed by atoms with Gasteiger partial charge in [0.2, 0.25) is 12.6 Å². The topological polar surface area (TPSA) is 172 Å². The van der Waals surface area contributed by atoms with E-state index in [9.17, 15) is 35.1 Å². The Kier molecular flexibility index (Phi) is 7.79. The minimum absolute atomic E-state index is 0.0000869. The maximum Gasteiger partial charge on any atom is 0.334 e. The molecule has 196 valence electrons. The molecule has 1 saturated carbocycles. The van der Waals surface area contributed by atoms with Crippen LogP contribution in [0.15, 0.2) is 48.2 Å². The smallest absolute Gasteiger partial charge is 0.334 e. The van der Waals surface area contributed by atoms with Crippen LogP contribution in [-0.4, -0.2) is 86.7 Å². The van der Waals surface area contributed by atoms with Crippen LogP contribution < -0.4 is 0 Å². The van der Waals surface area contributed by atoms with Crippen molar-refractivity contribution in [2.45, 2.75) is 62.4 Å². The van der Waals surface area contributed by atoms with E-state index in [1.807, 2.05) is 6.07 Å². The minimum atomic E-state index is -1.68. The monoisotopic (exact) mass is 506 g/mol. The highest BCUT2D eigenvalue weighted by Gasteiger charge is 2.56. The lowest BCUT2D eigenvalue weighted by molar-refractivity contribution is -0.346. The first-order chi connectivity index (χ1) is 17.1. The molecular formula is C25H30O11. The molecule has 0 spiro atoms. The van der Waals surface area contributed by atoms with E-state index in [0.717, 1.165) is 17.9 Å². The standard InChI is InChI=1S/C25H30O11/c1-25(32)10-9-14-15(22(30)31)12-33-23(18(14)25)36-24-21(20(29)19(28)16(11-26)34-24)35-17(27)8-7-13-5-3-2-4-6-13/h2-8,12,14,16,18-21,23-24,26,28-29,32H,9-11H2,1H3,(H,30,31). The third-order valence-corrected chi connectivity index (χ3v) is 6.94. The number of carboxylic acid groups (broad SMARTS) is 1. The lowest BCUT2D eigenvalue weighted by atomic mass is 9.81. The minimum Gasteiger partial charge on any atom is -0.478 e. The van der Waals surface area contributed by atoms with Gasteiger partial charge in [0.25, 0.3) is 0 Å². The fourth-order valence-electron chi connectivity index (χ4n) is 5.02. The molecule has 1 aromatic carbocycles. The first kappa shape index (κ1) is 26.3. The average Bonchev–Trinajstić information content (AvgIpc) is 3.18. The number of benzene rings is 1. The van der Waals surface area contributed by atoms with Gasteiger partial charge in [0.05, 0.1) is 30.0 Å². The van der Waals surface area contributed by atoms with Crippen LogP contribution in [0.25, 0.3) is 6.08 Å². The van der Waals surface area contributed by atoms with Gasteiger partial charge in [-0.1, -0.05) is 30.3 Å². The second kappa shape index (κ2) is 10.7. The lowest BCUT2D eigenvalue weighted by Gasteiger charge is -2.44. The Morgan fingerprint density at radius 2 is 1.89 bits per heavy atom. The van der Waals surface area contributed by atoms with Gasteiger partial charge in [0.15, 0.2) is 6.10 Å². The molecule has 2 aliphatic heterocycles. The van der Waals surface area contributed by atoms with Gasteiger partial charge in [-0.3, -0.25) is 0 Å². The summed E-state index contributed by atoms with van der Waals surface area (Å²) >= 11 is 0. The number of esters is 1. The molecule has 11 nitrogen and oxygen atoms in total. The number of aliphatic hydroxyl groups excluding tert-OH is 3. The molecule has 1 aliphatic carbocycles. The van der Waals surface area contributed by atoms with E-state index < -0.39 is 73.0 Å². The molecule has 1 aromatic rings. The number of carboxylic acids is 1. The summed E-state index contributed by atoms with van der Waals surface area (Å²) in [6.45, 7) is 0.885. The van der Waals surface area contributed by atoms with Crippen LogP contribution in [0.2, 0.25) is 0 Å². The fourth-order valence-corrected chi connectivity index (χ4v) is 5.02. The van der Waals surface area contributed by atoms with Crippen LogP contribution in [0, 0.1) is 11.8 Å². The van der Waals surface area contributed by atoms with E-state index in [-0.39, 0.29) is 5.57 Å². The Labute approximate surface area is 207 Å². The summed E-state index contributed by atoms with van der Waals surface area (Å²) in [5, 5.41) is 51.1. The molecule has 4 rings (SSSR count). The summed E-state index contributed by atoms with van der Waals surface area (Å²) in [5.41, 5.74) is -0.605. The SMILES string of the molecule is CC1(O)CCC2C(C(=O)O)=COC(OC3OC(CO)C(O)C(O)C3OC(=O)C=Cc3ccccc3)C21. The number of fused-ring (bicyclic) bond motifs is 1. The van der Waals surface area contributed by atoms with Gasteiger partial charge in [0, 0.05) is 12.0 Å². The van der Waals surface area contributed by atoms with Crippen molar-refractivity contribution >= 4 is 18.0 Å². The van der Waals surface area contributed by atoms with E-state index in [1.54, 1.807) is 31.2 Å². The molecule has 11 heteroatoms. The maximum absolute atomic E-state index is 12.5. The van der Waals surface area contributed by atoms with Crippen molar-refractivity contribution in [1.29, 1.82) is 0 Å². The summed E-state index contributed by atoms with van der Waals surface area (Å²) in [6, 6.07) is 8.94. The molecule has 36 heavy (non-hydrogen) atoms. The molecule has 9 atom stereocenters. The molecule has 0 radical (unpaired) electrons. The van der Waals surface area contributed by atoms with Crippen LogP contribution in [0.3, 0.4) is 0 Å². The van der Waals surface area contributed by atoms with Crippen molar-refractivity contribution in [3.05, 3.63) is 53.8 Å². The highest BCUT2D eigenvalue weighted by atomic mass is 16.8. The Balaban J connectivity index is 1.55. The quantitative estimate of drug-likeness (QED) is 0.252. The van der Waals surface area contributed by atoms with Gasteiger partial charge in [-0.15, -0.1) is 0 Å². The van der Waals surface area contributed by atoms with Gasteiger partial charge in [-0.2, -0.15) is 0 Å². The number of ether oxygens (including phenoxy) is 4. The van der Waals surface area contributed by atoms with Crippen molar-refractivity contribution in [1.82, 2.24) is 0 Å². The van der Waals surface area contributed by atoms with Crippen LogP contribution in [-0.2, 0) is 28.5 Å². The second-order valence-corrected chi connectivity index (χ2v) is 9.40. The summed E-state index contributed by atoms with van der Waals surface area (Å²) < 4.78 is 22.4. The normalized spacial score (nSPS) is 38.2. The number of hydrogen-bond acceptors (Lipinski definition) is 10. The van der Waals surface area contributed by atoms with Crippen LogP contribution in [0.1, 0.15) is 25.3 Å². The molecule has 3 aliphatic rings. The van der Waals surface area contributed by atoms with Gasteiger partial charge in [-0.05, 0) is 31.4 Å². The number of carbonyl (C=O) groups is 2. The number of aliphatic carboxylic acids is 1. The van der Waals surface area contributed by atoms with Crippen LogP contribution >= 0.6 is 0 Å². The van der Waals surface area contributed by atoms with Gasteiger partial charge >= 0.3 is 11.9 Å². The van der Waals surface area contributed by atoms with Crippen LogP contribution in [0.4, 0.5) is 0 Å². The third-order valence-electron chi connectivity index (χ3n) is 6.94. The van der Waals surface area contributed by atoms with Crippen molar-refractivity contribution in [2.24, 2.45) is 11.8 Å². The fraction of sp³-hybridized carbons (Fsp3) is 0.520. The Morgan fingerprint density at radius 3 is 2.56 bits per heavy atom. The zero-order valence-corrected chi connectivity index (χ0v) is 19.5. The van der Waals surface area contributed by atoms with E-state index >= 15 is 0 Å². The maximum atomic E-state index is 12.5. The average molecular weight is 507 g/mol. The highest BCUT2D eigenvalue weighted by Crippen LogP contribution is 2.49. The van der Waals surface area contributed by atoms with Gasteiger partial charge in [-0.25, -0.2) is 9.59 Å². The number of carbonyl (C=O) groups excluding carboxylic acids is 1. The molecule has 2 heterocycles. The molecule has 2 fully saturated rings. The number of hydrogen-bond donors (Lipinski definition) is 5. The molecular weight excluding hydrogens is 476 g/mol. The summed E-state index contributed by atoms with van der Waals surface area (Å²) in [7, 11) is 0. The lowest BCUT2D eigenvalue weighted by Crippen LogP contribution is -2.61. The van der Waals surface area contributed by atoms with E-state index in [2.05, 4.69) is 0 Å². The Morgan fingerprint density at radius 1 is 1.17 bits per heavy atom. The van der Waals surface area contributed by atoms with Crippen molar-refractivity contribution < 1.29 is 54.1 Å². The third kappa shape index (κ3) is 5.31. The van der Waals surface area contributed by atoms with E-state index in [4.69, 9.17) is 18.9 Å². The second-order valence-electron chi connectivity index (χ2n) is 9.40.